The smallest absolute Gasteiger partial charge is 0.120 e. The lowest BCUT2D eigenvalue weighted by Crippen LogP contribution is -2.35. The van der Waals surface area contributed by atoms with Crippen molar-refractivity contribution in [2.75, 3.05) is 6.54 Å². The molecule has 0 saturated heterocycles. The minimum absolute atomic E-state index is 0.250. The molecule has 0 spiro atoms. The van der Waals surface area contributed by atoms with E-state index < -0.39 is 0 Å². The van der Waals surface area contributed by atoms with Crippen LogP contribution in [0.4, 0.5) is 0 Å². The lowest BCUT2D eigenvalue weighted by molar-refractivity contribution is 0.211. The van der Waals surface area contributed by atoms with Crippen molar-refractivity contribution < 1.29 is 4.74 Å². The Balaban J connectivity index is 1.49. The van der Waals surface area contributed by atoms with E-state index in [1.165, 1.54) is 56.1 Å². The SMILES string of the molecule is CC(CNC1CCCC1)Oc1ccc2c(c1)CCC2. The molecule has 1 saturated carbocycles. The van der Waals surface area contributed by atoms with Gasteiger partial charge in [-0.15, -0.1) is 0 Å². The Hall–Kier alpha value is -1.02. The van der Waals surface area contributed by atoms with Gasteiger partial charge in [-0.25, -0.2) is 0 Å². The second kappa shape index (κ2) is 5.96. The molecule has 0 aliphatic heterocycles. The van der Waals surface area contributed by atoms with Crippen LogP contribution in [0.1, 0.15) is 50.2 Å². The van der Waals surface area contributed by atoms with Crippen LogP contribution in [-0.4, -0.2) is 18.7 Å². The fraction of sp³-hybridized carbons (Fsp3) is 0.647. The highest BCUT2D eigenvalue weighted by Gasteiger charge is 2.16. The Morgan fingerprint density at radius 2 is 1.95 bits per heavy atom. The molecule has 0 heterocycles. The van der Waals surface area contributed by atoms with Crippen LogP contribution in [-0.2, 0) is 12.8 Å². The van der Waals surface area contributed by atoms with Crippen molar-refractivity contribution in [3.63, 3.8) is 0 Å². The van der Waals surface area contributed by atoms with Gasteiger partial charge in [0.15, 0.2) is 0 Å². The first-order chi connectivity index (χ1) is 9.31. The first kappa shape index (κ1) is 13.0. The molecule has 1 atom stereocenters. The molecule has 2 heteroatoms. The molecule has 2 aliphatic rings. The van der Waals surface area contributed by atoms with Crippen LogP contribution in [0.3, 0.4) is 0 Å². The molecule has 104 valence electrons. The molecule has 2 nitrogen and oxygen atoms in total. The highest BCUT2D eigenvalue weighted by atomic mass is 16.5. The number of nitrogens with one attached hydrogen (secondary N) is 1. The Bertz CT molecular complexity index is 423. The first-order valence-electron chi connectivity index (χ1n) is 7.83. The maximum Gasteiger partial charge on any atom is 0.120 e. The van der Waals surface area contributed by atoms with Crippen LogP contribution in [0.2, 0.25) is 0 Å². The van der Waals surface area contributed by atoms with Crippen LogP contribution < -0.4 is 10.1 Å². The molecule has 2 aliphatic carbocycles. The zero-order valence-corrected chi connectivity index (χ0v) is 12.0. The van der Waals surface area contributed by atoms with E-state index in [9.17, 15) is 0 Å². The lowest BCUT2D eigenvalue weighted by atomic mass is 10.1. The number of hydrogen-bond acceptors (Lipinski definition) is 2. The van der Waals surface area contributed by atoms with E-state index >= 15 is 0 Å². The van der Waals surface area contributed by atoms with E-state index in [0.29, 0.717) is 0 Å². The summed E-state index contributed by atoms with van der Waals surface area (Å²) in [5, 5.41) is 3.63. The molecule has 1 aromatic rings. The summed E-state index contributed by atoms with van der Waals surface area (Å²) >= 11 is 0. The minimum atomic E-state index is 0.250. The molecule has 3 rings (SSSR count). The molecule has 0 aromatic heterocycles. The molecule has 1 aromatic carbocycles. The van der Waals surface area contributed by atoms with Gasteiger partial charge in [0, 0.05) is 12.6 Å². The molecular formula is C17H25NO. The molecule has 1 fully saturated rings. The van der Waals surface area contributed by atoms with Crippen LogP contribution in [0.15, 0.2) is 18.2 Å². The van der Waals surface area contributed by atoms with E-state index in [4.69, 9.17) is 4.74 Å². The Morgan fingerprint density at radius 1 is 1.16 bits per heavy atom. The zero-order valence-electron chi connectivity index (χ0n) is 12.0. The number of fused-ring (bicyclic) bond motifs is 1. The van der Waals surface area contributed by atoms with Gasteiger partial charge in [-0.05, 0) is 62.3 Å². The molecule has 1 N–H and O–H groups in total. The lowest BCUT2D eigenvalue weighted by Gasteiger charge is -2.19. The van der Waals surface area contributed by atoms with Crippen LogP contribution >= 0.6 is 0 Å². The van der Waals surface area contributed by atoms with E-state index in [-0.39, 0.29) is 6.10 Å². The summed E-state index contributed by atoms with van der Waals surface area (Å²) in [5.41, 5.74) is 3.01. The van der Waals surface area contributed by atoms with Gasteiger partial charge in [-0.3, -0.25) is 0 Å². The second-order valence-corrected chi connectivity index (χ2v) is 6.10. The van der Waals surface area contributed by atoms with E-state index in [2.05, 4.69) is 30.4 Å². The standard InChI is InChI=1S/C17H25NO/c1-13(12-18-16-7-2-3-8-16)19-17-10-9-14-5-4-6-15(14)11-17/h9-11,13,16,18H,2-8,12H2,1H3. The van der Waals surface area contributed by atoms with Crippen molar-refractivity contribution in [2.45, 2.75) is 64.0 Å². The van der Waals surface area contributed by atoms with Crippen molar-refractivity contribution in [3.8, 4) is 5.75 Å². The highest BCUT2D eigenvalue weighted by molar-refractivity contribution is 5.38. The molecule has 0 amide bonds. The normalized spacial score (nSPS) is 20.5. The Labute approximate surface area is 116 Å². The molecular weight excluding hydrogens is 234 g/mol. The number of aryl methyl sites for hydroxylation is 2. The van der Waals surface area contributed by atoms with Crippen LogP contribution in [0.5, 0.6) is 5.75 Å². The molecule has 1 unspecified atom stereocenters. The third kappa shape index (κ3) is 3.30. The zero-order chi connectivity index (χ0) is 13.1. The van der Waals surface area contributed by atoms with Crippen molar-refractivity contribution in [1.82, 2.24) is 5.32 Å². The average molecular weight is 259 g/mol. The first-order valence-corrected chi connectivity index (χ1v) is 7.83. The third-order valence-corrected chi connectivity index (χ3v) is 4.46. The van der Waals surface area contributed by atoms with Crippen molar-refractivity contribution in [1.29, 1.82) is 0 Å². The Morgan fingerprint density at radius 3 is 2.79 bits per heavy atom. The predicted octanol–water partition coefficient (Wildman–Crippen LogP) is 3.47. The second-order valence-electron chi connectivity index (χ2n) is 6.10. The van der Waals surface area contributed by atoms with Gasteiger partial charge in [0.05, 0.1) is 0 Å². The van der Waals surface area contributed by atoms with Gasteiger partial charge < -0.3 is 10.1 Å². The number of hydrogen-bond donors (Lipinski definition) is 1. The number of benzene rings is 1. The molecule has 19 heavy (non-hydrogen) atoms. The fourth-order valence-electron chi connectivity index (χ4n) is 3.36. The quantitative estimate of drug-likeness (QED) is 0.874. The molecule has 0 radical (unpaired) electrons. The molecule has 0 bridgehead atoms. The summed E-state index contributed by atoms with van der Waals surface area (Å²) in [6.07, 6.45) is 9.47. The van der Waals surface area contributed by atoms with E-state index in [1.807, 2.05) is 0 Å². The predicted molar refractivity (Wildman–Crippen MR) is 78.8 cm³/mol. The van der Waals surface area contributed by atoms with Gasteiger partial charge in [0.2, 0.25) is 0 Å². The van der Waals surface area contributed by atoms with E-state index in [1.54, 1.807) is 0 Å². The fourth-order valence-corrected chi connectivity index (χ4v) is 3.36. The van der Waals surface area contributed by atoms with Crippen molar-refractivity contribution in [3.05, 3.63) is 29.3 Å². The summed E-state index contributed by atoms with van der Waals surface area (Å²) in [6, 6.07) is 7.35. The average Bonchev–Trinajstić information content (AvgIpc) is 3.07. The topological polar surface area (TPSA) is 21.3 Å². The van der Waals surface area contributed by atoms with Crippen LogP contribution in [0, 0.1) is 0 Å². The summed E-state index contributed by atoms with van der Waals surface area (Å²) in [6.45, 7) is 3.12. The van der Waals surface area contributed by atoms with Gasteiger partial charge in [0.1, 0.15) is 11.9 Å². The van der Waals surface area contributed by atoms with Gasteiger partial charge in [-0.1, -0.05) is 18.9 Å². The van der Waals surface area contributed by atoms with Crippen LogP contribution in [0.25, 0.3) is 0 Å². The maximum absolute atomic E-state index is 6.04. The maximum atomic E-state index is 6.04. The van der Waals surface area contributed by atoms with Gasteiger partial charge >= 0.3 is 0 Å². The summed E-state index contributed by atoms with van der Waals surface area (Å²) in [5.74, 6) is 1.04. The number of rotatable bonds is 5. The Kier molecular flexibility index (Phi) is 4.07. The van der Waals surface area contributed by atoms with Crippen molar-refractivity contribution in [2.24, 2.45) is 0 Å². The summed E-state index contributed by atoms with van der Waals surface area (Å²) in [4.78, 5) is 0. The van der Waals surface area contributed by atoms with Crippen molar-refractivity contribution >= 4 is 0 Å². The number of ether oxygens (including phenoxy) is 1. The van der Waals surface area contributed by atoms with E-state index in [0.717, 1.165) is 18.3 Å². The van der Waals surface area contributed by atoms with Gasteiger partial charge in [0.25, 0.3) is 0 Å². The highest BCUT2D eigenvalue weighted by Crippen LogP contribution is 2.26. The summed E-state index contributed by atoms with van der Waals surface area (Å²) < 4.78 is 6.04. The largest absolute Gasteiger partial charge is 0.489 e. The van der Waals surface area contributed by atoms with Gasteiger partial charge in [-0.2, -0.15) is 0 Å². The monoisotopic (exact) mass is 259 g/mol. The summed E-state index contributed by atoms with van der Waals surface area (Å²) in [7, 11) is 0. The minimum Gasteiger partial charge on any atom is -0.489 e. The third-order valence-electron chi connectivity index (χ3n) is 4.46.